The van der Waals surface area contributed by atoms with Gasteiger partial charge in [0.2, 0.25) is 5.91 Å². The Balaban J connectivity index is 1.59. The van der Waals surface area contributed by atoms with Crippen molar-refractivity contribution in [3.8, 4) is 5.75 Å². The molecule has 1 aliphatic rings. The van der Waals surface area contributed by atoms with Gasteiger partial charge in [-0.3, -0.25) is 9.69 Å². The summed E-state index contributed by atoms with van der Waals surface area (Å²) in [6.07, 6.45) is 2.37. The fourth-order valence-corrected chi connectivity index (χ4v) is 4.32. The van der Waals surface area contributed by atoms with Gasteiger partial charge in [0, 0.05) is 17.2 Å². The number of rotatable bonds is 7. The second-order valence-electron chi connectivity index (χ2n) is 8.24. The number of aryl methyl sites for hydroxylation is 1. The van der Waals surface area contributed by atoms with Crippen LogP contribution < -0.4 is 10.1 Å². The SMILES string of the molecule is COc1ccccc1C(c1ccc(C)cc1)c1ccc(NC(=O)CN2CCCC2)cc1. The van der Waals surface area contributed by atoms with Gasteiger partial charge in [-0.2, -0.15) is 0 Å². The van der Waals surface area contributed by atoms with E-state index in [4.69, 9.17) is 4.74 Å². The minimum absolute atomic E-state index is 0.0473. The van der Waals surface area contributed by atoms with E-state index in [-0.39, 0.29) is 11.8 Å². The topological polar surface area (TPSA) is 41.6 Å². The lowest BCUT2D eigenvalue weighted by Gasteiger charge is -2.22. The normalized spacial score (nSPS) is 14.9. The zero-order valence-corrected chi connectivity index (χ0v) is 18.3. The van der Waals surface area contributed by atoms with E-state index in [2.05, 4.69) is 59.6 Å². The molecule has 1 atom stereocenters. The van der Waals surface area contributed by atoms with Crippen LogP contribution >= 0.6 is 0 Å². The molecule has 4 rings (SSSR count). The monoisotopic (exact) mass is 414 g/mol. The van der Waals surface area contributed by atoms with Crippen molar-refractivity contribution in [2.24, 2.45) is 0 Å². The number of hydrogen-bond donors (Lipinski definition) is 1. The Morgan fingerprint density at radius 2 is 1.55 bits per heavy atom. The number of carbonyl (C=O) groups excluding carboxylic acids is 1. The summed E-state index contributed by atoms with van der Waals surface area (Å²) < 4.78 is 5.67. The average molecular weight is 415 g/mol. The van der Waals surface area contributed by atoms with Crippen molar-refractivity contribution in [1.82, 2.24) is 4.90 Å². The first-order valence-electron chi connectivity index (χ1n) is 11.0. The highest BCUT2D eigenvalue weighted by Gasteiger charge is 2.21. The van der Waals surface area contributed by atoms with Gasteiger partial charge in [-0.05, 0) is 62.2 Å². The molecule has 1 unspecified atom stereocenters. The first-order chi connectivity index (χ1) is 15.1. The van der Waals surface area contributed by atoms with Crippen LogP contribution in [0.25, 0.3) is 0 Å². The van der Waals surface area contributed by atoms with E-state index < -0.39 is 0 Å². The third-order valence-electron chi connectivity index (χ3n) is 5.95. The molecule has 0 aromatic heterocycles. The maximum Gasteiger partial charge on any atom is 0.238 e. The van der Waals surface area contributed by atoms with Gasteiger partial charge in [-0.15, -0.1) is 0 Å². The summed E-state index contributed by atoms with van der Waals surface area (Å²) in [5.74, 6) is 0.969. The lowest BCUT2D eigenvalue weighted by atomic mass is 9.84. The molecule has 4 heteroatoms. The Morgan fingerprint density at radius 1 is 0.935 bits per heavy atom. The lowest BCUT2D eigenvalue weighted by Crippen LogP contribution is -2.30. The summed E-state index contributed by atoms with van der Waals surface area (Å²) in [4.78, 5) is 14.6. The summed E-state index contributed by atoms with van der Waals surface area (Å²) in [7, 11) is 1.71. The standard InChI is InChI=1S/C27H30N2O2/c1-20-9-11-21(12-10-20)27(24-7-3-4-8-25(24)31-2)22-13-15-23(16-14-22)28-26(30)19-29-17-5-6-18-29/h3-4,7-16,27H,5-6,17-19H2,1-2H3,(H,28,30). The second-order valence-corrected chi connectivity index (χ2v) is 8.24. The number of anilines is 1. The highest BCUT2D eigenvalue weighted by molar-refractivity contribution is 5.92. The number of benzene rings is 3. The Morgan fingerprint density at radius 3 is 2.19 bits per heavy atom. The lowest BCUT2D eigenvalue weighted by molar-refractivity contribution is -0.117. The third kappa shape index (κ3) is 5.15. The van der Waals surface area contributed by atoms with E-state index in [0.717, 1.165) is 35.7 Å². The minimum Gasteiger partial charge on any atom is -0.496 e. The largest absolute Gasteiger partial charge is 0.496 e. The van der Waals surface area contributed by atoms with Crippen molar-refractivity contribution >= 4 is 11.6 Å². The minimum atomic E-state index is 0.0473. The number of carbonyl (C=O) groups is 1. The Labute approximate surface area is 184 Å². The van der Waals surface area contributed by atoms with Gasteiger partial charge in [0.25, 0.3) is 0 Å². The fraction of sp³-hybridized carbons (Fsp3) is 0.296. The van der Waals surface area contributed by atoms with Crippen molar-refractivity contribution < 1.29 is 9.53 Å². The van der Waals surface area contributed by atoms with Gasteiger partial charge in [0.1, 0.15) is 5.75 Å². The number of ether oxygens (including phenoxy) is 1. The van der Waals surface area contributed by atoms with Gasteiger partial charge in [0.15, 0.2) is 0 Å². The molecular weight excluding hydrogens is 384 g/mol. The third-order valence-corrected chi connectivity index (χ3v) is 5.95. The van der Waals surface area contributed by atoms with Gasteiger partial charge < -0.3 is 10.1 Å². The van der Waals surface area contributed by atoms with E-state index in [1.54, 1.807) is 7.11 Å². The fourth-order valence-electron chi connectivity index (χ4n) is 4.32. The zero-order valence-electron chi connectivity index (χ0n) is 18.3. The number of nitrogens with one attached hydrogen (secondary N) is 1. The predicted molar refractivity (Wildman–Crippen MR) is 126 cm³/mol. The van der Waals surface area contributed by atoms with Crippen molar-refractivity contribution in [2.45, 2.75) is 25.7 Å². The number of hydrogen-bond acceptors (Lipinski definition) is 3. The molecule has 1 amide bonds. The zero-order chi connectivity index (χ0) is 21.6. The van der Waals surface area contributed by atoms with Crippen LogP contribution in [0, 0.1) is 6.92 Å². The van der Waals surface area contributed by atoms with Crippen molar-refractivity contribution in [2.75, 3.05) is 32.1 Å². The first kappa shape index (κ1) is 21.1. The van der Waals surface area contributed by atoms with Gasteiger partial charge in [0.05, 0.1) is 13.7 Å². The summed E-state index contributed by atoms with van der Waals surface area (Å²) >= 11 is 0. The number of amides is 1. The van der Waals surface area contributed by atoms with Crippen LogP contribution in [0.3, 0.4) is 0 Å². The van der Waals surface area contributed by atoms with Crippen molar-refractivity contribution in [1.29, 1.82) is 0 Å². The maximum absolute atomic E-state index is 12.4. The van der Waals surface area contributed by atoms with Crippen LogP contribution in [0.15, 0.2) is 72.8 Å². The summed E-state index contributed by atoms with van der Waals surface area (Å²) in [5.41, 5.74) is 5.56. The van der Waals surface area contributed by atoms with E-state index in [0.29, 0.717) is 6.54 Å². The molecule has 1 aliphatic heterocycles. The molecule has 1 heterocycles. The highest BCUT2D eigenvalue weighted by atomic mass is 16.5. The maximum atomic E-state index is 12.4. The Kier molecular flexibility index (Phi) is 6.68. The molecule has 0 bridgehead atoms. The molecule has 3 aromatic rings. The molecule has 1 N–H and O–H groups in total. The van der Waals surface area contributed by atoms with E-state index >= 15 is 0 Å². The molecule has 160 valence electrons. The summed E-state index contributed by atoms with van der Waals surface area (Å²) in [6.45, 7) is 4.60. The smallest absolute Gasteiger partial charge is 0.238 e. The number of para-hydroxylation sites is 1. The molecule has 0 aliphatic carbocycles. The molecule has 0 saturated carbocycles. The van der Waals surface area contributed by atoms with Crippen LogP contribution in [0.4, 0.5) is 5.69 Å². The molecule has 1 saturated heterocycles. The van der Waals surface area contributed by atoms with E-state index in [1.807, 2.05) is 30.3 Å². The van der Waals surface area contributed by atoms with Gasteiger partial charge >= 0.3 is 0 Å². The van der Waals surface area contributed by atoms with Crippen molar-refractivity contribution in [3.05, 3.63) is 95.1 Å². The van der Waals surface area contributed by atoms with E-state index in [9.17, 15) is 4.79 Å². The van der Waals surface area contributed by atoms with Crippen molar-refractivity contribution in [3.63, 3.8) is 0 Å². The predicted octanol–water partition coefficient (Wildman–Crippen LogP) is 5.22. The first-order valence-corrected chi connectivity index (χ1v) is 11.0. The number of methoxy groups -OCH3 is 1. The van der Waals surface area contributed by atoms with Crippen LogP contribution in [-0.2, 0) is 4.79 Å². The Bertz CT molecular complexity index is 1010. The van der Waals surface area contributed by atoms with Crippen LogP contribution in [0.1, 0.15) is 41.0 Å². The number of nitrogens with zero attached hydrogens (tertiary/aromatic N) is 1. The molecule has 31 heavy (non-hydrogen) atoms. The molecule has 0 radical (unpaired) electrons. The average Bonchev–Trinajstić information content (AvgIpc) is 3.29. The molecular formula is C27H30N2O2. The van der Waals surface area contributed by atoms with Crippen LogP contribution in [0.5, 0.6) is 5.75 Å². The molecule has 4 nitrogen and oxygen atoms in total. The van der Waals surface area contributed by atoms with E-state index in [1.165, 1.54) is 24.0 Å². The van der Waals surface area contributed by atoms with Gasteiger partial charge in [-0.1, -0.05) is 60.2 Å². The Hall–Kier alpha value is -3.11. The summed E-state index contributed by atoms with van der Waals surface area (Å²) in [6, 6.07) is 25.0. The summed E-state index contributed by atoms with van der Waals surface area (Å²) in [5, 5.41) is 3.04. The number of likely N-dealkylation sites (tertiary alicyclic amines) is 1. The highest BCUT2D eigenvalue weighted by Crippen LogP contribution is 2.37. The van der Waals surface area contributed by atoms with Crippen LogP contribution in [0.2, 0.25) is 0 Å². The van der Waals surface area contributed by atoms with Crippen LogP contribution in [-0.4, -0.2) is 37.6 Å². The van der Waals surface area contributed by atoms with Gasteiger partial charge in [-0.25, -0.2) is 0 Å². The second kappa shape index (κ2) is 9.80. The molecule has 3 aromatic carbocycles. The quantitative estimate of drug-likeness (QED) is 0.539. The molecule has 1 fully saturated rings. The molecule has 0 spiro atoms.